The first-order chi connectivity index (χ1) is 11.8. The van der Waals surface area contributed by atoms with Crippen molar-refractivity contribution in [2.24, 2.45) is 0 Å². The zero-order chi connectivity index (χ0) is 18.4. The van der Waals surface area contributed by atoms with Crippen LogP contribution in [0.4, 0.5) is 5.69 Å². The number of nitrogens with one attached hydrogen (secondary N) is 2. The molecule has 1 atom stereocenters. The van der Waals surface area contributed by atoms with Gasteiger partial charge in [0.1, 0.15) is 4.90 Å². The summed E-state index contributed by atoms with van der Waals surface area (Å²) in [6, 6.07) is 12.3. The van der Waals surface area contributed by atoms with Gasteiger partial charge in [-0.1, -0.05) is 30.3 Å². The fourth-order valence-electron chi connectivity index (χ4n) is 2.32. The summed E-state index contributed by atoms with van der Waals surface area (Å²) in [6.07, 6.45) is 0. The Morgan fingerprint density at radius 3 is 2.44 bits per heavy atom. The second kappa shape index (κ2) is 8.11. The number of rotatable bonds is 8. The number of carbonyl (C=O) groups is 1. The number of carboxylic acid groups (broad SMARTS) is 1. The molecule has 2 aromatic rings. The van der Waals surface area contributed by atoms with Crippen molar-refractivity contribution < 1.29 is 23.4 Å². The molecule has 0 aliphatic carbocycles. The number of anilines is 1. The van der Waals surface area contributed by atoms with Gasteiger partial charge in [-0.05, 0) is 30.7 Å². The molecule has 134 valence electrons. The highest BCUT2D eigenvalue weighted by Gasteiger charge is 2.23. The molecule has 4 N–H and O–H groups in total. The summed E-state index contributed by atoms with van der Waals surface area (Å²) in [5.41, 5.74) is 0.874. The lowest BCUT2D eigenvalue weighted by Crippen LogP contribution is -2.28. The number of carboxylic acids is 1. The molecule has 25 heavy (non-hydrogen) atoms. The Morgan fingerprint density at radius 1 is 1.16 bits per heavy atom. The molecule has 0 aliphatic heterocycles. The lowest BCUT2D eigenvalue weighted by Gasteiger charge is -2.17. The fourth-order valence-corrected chi connectivity index (χ4v) is 3.76. The molecule has 0 saturated carbocycles. The van der Waals surface area contributed by atoms with E-state index in [1.807, 2.05) is 6.07 Å². The molecule has 0 unspecified atom stereocenters. The SMILES string of the molecule is C[C@@H](NS(=O)(=O)c1cc(C(=O)O)ccc1NCCO)c1ccccc1. The van der Waals surface area contributed by atoms with E-state index in [1.165, 1.54) is 12.1 Å². The van der Waals surface area contributed by atoms with Crippen LogP contribution in [0.5, 0.6) is 0 Å². The van der Waals surface area contributed by atoms with Gasteiger partial charge in [-0.2, -0.15) is 0 Å². The number of sulfonamides is 1. The standard InChI is InChI=1S/C17H20N2O5S/c1-12(13-5-3-2-4-6-13)19-25(23,24)16-11-14(17(21)22)7-8-15(16)18-9-10-20/h2-8,11-12,18-20H,9-10H2,1H3,(H,21,22)/t12-/m1/s1. The summed E-state index contributed by atoms with van der Waals surface area (Å²) in [7, 11) is -3.98. The van der Waals surface area contributed by atoms with Crippen molar-refractivity contribution >= 4 is 21.7 Å². The lowest BCUT2D eigenvalue weighted by molar-refractivity contribution is 0.0696. The Hall–Kier alpha value is -2.42. The molecule has 0 amide bonds. The van der Waals surface area contributed by atoms with E-state index in [2.05, 4.69) is 10.0 Å². The maximum absolute atomic E-state index is 12.8. The maximum Gasteiger partial charge on any atom is 0.335 e. The summed E-state index contributed by atoms with van der Waals surface area (Å²) < 4.78 is 28.1. The van der Waals surface area contributed by atoms with Gasteiger partial charge in [0.15, 0.2) is 0 Å². The van der Waals surface area contributed by atoms with Gasteiger partial charge in [0.2, 0.25) is 10.0 Å². The molecule has 0 heterocycles. The van der Waals surface area contributed by atoms with E-state index < -0.39 is 22.0 Å². The first kappa shape index (κ1) is 18.9. The molecule has 0 radical (unpaired) electrons. The maximum atomic E-state index is 12.8. The monoisotopic (exact) mass is 364 g/mol. The number of aliphatic hydroxyl groups excluding tert-OH is 1. The van der Waals surface area contributed by atoms with Crippen molar-refractivity contribution in [1.82, 2.24) is 4.72 Å². The Labute approximate surface area is 146 Å². The van der Waals surface area contributed by atoms with E-state index in [4.69, 9.17) is 10.2 Å². The van der Waals surface area contributed by atoms with Crippen LogP contribution in [-0.4, -0.2) is 37.8 Å². The van der Waals surface area contributed by atoms with Gasteiger partial charge < -0.3 is 15.5 Å². The van der Waals surface area contributed by atoms with Crippen molar-refractivity contribution in [3.05, 3.63) is 59.7 Å². The van der Waals surface area contributed by atoms with Crippen molar-refractivity contribution in [2.75, 3.05) is 18.5 Å². The second-order valence-corrected chi connectivity index (χ2v) is 7.10. The second-order valence-electron chi connectivity index (χ2n) is 5.42. The van der Waals surface area contributed by atoms with Gasteiger partial charge in [0.05, 0.1) is 17.9 Å². The van der Waals surface area contributed by atoms with E-state index in [0.29, 0.717) is 0 Å². The minimum Gasteiger partial charge on any atom is -0.478 e. The molecule has 8 heteroatoms. The first-order valence-corrected chi connectivity index (χ1v) is 9.13. The first-order valence-electron chi connectivity index (χ1n) is 7.64. The lowest BCUT2D eigenvalue weighted by atomic mass is 10.1. The van der Waals surface area contributed by atoms with E-state index in [0.717, 1.165) is 11.6 Å². The Bertz CT molecular complexity index is 837. The van der Waals surface area contributed by atoms with E-state index >= 15 is 0 Å². The summed E-state index contributed by atoms with van der Waals surface area (Å²) >= 11 is 0. The normalized spacial score (nSPS) is 12.6. The van der Waals surface area contributed by atoms with Crippen LogP contribution < -0.4 is 10.0 Å². The molecule has 0 aliphatic rings. The van der Waals surface area contributed by atoms with E-state index in [1.54, 1.807) is 31.2 Å². The van der Waals surface area contributed by atoms with Crippen LogP contribution in [0.2, 0.25) is 0 Å². The Morgan fingerprint density at radius 2 is 1.84 bits per heavy atom. The topological polar surface area (TPSA) is 116 Å². The quantitative estimate of drug-likeness (QED) is 0.568. The minimum atomic E-state index is -3.98. The highest BCUT2D eigenvalue weighted by atomic mass is 32.2. The summed E-state index contributed by atoms with van der Waals surface area (Å²) in [5, 5.41) is 20.8. The number of hydrogen-bond donors (Lipinski definition) is 4. The Balaban J connectivity index is 2.38. The third kappa shape index (κ3) is 4.79. The zero-order valence-corrected chi connectivity index (χ0v) is 14.5. The van der Waals surface area contributed by atoms with Gasteiger partial charge in [0, 0.05) is 12.6 Å². The van der Waals surface area contributed by atoms with Gasteiger partial charge in [0.25, 0.3) is 0 Å². The predicted molar refractivity (Wildman–Crippen MR) is 94.2 cm³/mol. The van der Waals surface area contributed by atoms with Crippen LogP contribution in [0.15, 0.2) is 53.4 Å². The molecule has 0 fully saturated rings. The van der Waals surface area contributed by atoms with Crippen molar-refractivity contribution in [3.63, 3.8) is 0 Å². The van der Waals surface area contributed by atoms with Crippen LogP contribution in [0.25, 0.3) is 0 Å². The summed E-state index contributed by atoms with van der Waals surface area (Å²) in [5.74, 6) is -1.22. The molecule has 0 spiro atoms. The number of benzene rings is 2. The third-order valence-corrected chi connectivity index (χ3v) is 5.16. The molecule has 0 bridgehead atoms. The average Bonchev–Trinajstić information content (AvgIpc) is 2.60. The van der Waals surface area contributed by atoms with Gasteiger partial charge in [-0.15, -0.1) is 0 Å². The van der Waals surface area contributed by atoms with Crippen molar-refractivity contribution in [1.29, 1.82) is 0 Å². The van der Waals surface area contributed by atoms with Gasteiger partial charge >= 0.3 is 5.97 Å². The van der Waals surface area contributed by atoms with Crippen LogP contribution in [0.1, 0.15) is 28.9 Å². The van der Waals surface area contributed by atoms with Crippen molar-refractivity contribution in [3.8, 4) is 0 Å². The molecule has 2 rings (SSSR count). The Kier molecular flexibility index (Phi) is 6.13. The fraction of sp³-hybridized carbons (Fsp3) is 0.235. The smallest absolute Gasteiger partial charge is 0.335 e. The van der Waals surface area contributed by atoms with Crippen molar-refractivity contribution in [2.45, 2.75) is 17.9 Å². The highest BCUT2D eigenvalue weighted by molar-refractivity contribution is 7.89. The molecular weight excluding hydrogens is 344 g/mol. The number of aromatic carboxylic acids is 1. The molecule has 7 nitrogen and oxygen atoms in total. The molecule has 0 aromatic heterocycles. The summed E-state index contributed by atoms with van der Waals surface area (Å²) in [6.45, 7) is 1.66. The van der Waals surface area contributed by atoms with E-state index in [-0.39, 0.29) is 29.3 Å². The van der Waals surface area contributed by atoms with Crippen LogP contribution in [0, 0.1) is 0 Å². The number of hydrogen-bond acceptors (Lipinski definition) is 5. The summed E-state index contributed by atoms with van der Waals surface area (Å²) in [4.78, 5) is 11.0. The minimum absolute atomic E-state index is 0.137. The zero-order valence-electron chi connectivity index (χ0n) is 13.6. The van der Waals surface area contributed by atoms with Gasteiger partial charge in [-0.25, -0.2) is 17.9 Å². The molecule has 0 saturated heterocycles. The van der Waals surface area contributed by atoms with E-state index in [9.17, 15) is 13.2 Å². The average molecular weight is 364 g/mol. The van der Waals surface area contributed by atoms with Crippen LogP contribution in [-0.2, 0) is 10.0 Å². The molecular formula is C17H20N2O5S. The third-order valence-electron chi connectivity index (χ3n) is 3.58. The highest BCUT2D eigenvalue weighted by Crippen LogP contribution is 2.25. The number of aliphatic hydroxyl groups is 1. The molecule has 2 aromatic carbocycles. The van der Waals surface area contributed by atoms with Gasteiger partial charge in [-0.3, -0.25) is 0 Å². The van der Waals surface area contributed by atoms with Crippen LogP contribution >= 0.6 is 0 Å². The van der Waals surface area contributed by atoms with Crippen LogP contribution in [0.3, 0.4) is 0 Å². The largest absolute Gasteiger partial charge is 0.478 e. The predicted octanol–water partition coefficient (Wildman–Crippen LogP) is 1.83.